The summed E-state index contributed by atoms with van der Waals surface area (Å²) in [5, 5.41) is 19.3. The van der Waals surface area contributed by atoms with Gasteiger partial charge in [0.1, 0.15) is 0 Å². The normalized spacial score (nSPS) is 15.1. The zero-order valence-corrected chi connectivity index (χ0v) is 16.9. The van der Waals surface area contributed by atoms with E-state index in [1.807, 2.05) is 0 Å². The average molecular weight is 408 g/mol. The minimum Gasteiger partial charge on any atom is -0.504 e. The van der Waals surface area contributed by atoms with Crippen LogP contribution in [0.2, 0.25) is 0 Å². The molecule has 2 aromatic rings. The summed E-state index contributed by atoms with van der Waals surface area (Å²) in [6.45, 7) is 0. The lowest BCUT2D eigenvalue weighted by molar-refractivity contribution is -0.140. The highest BCUT2D eigenvalue weighted by Crippen LogP contribution is 2.43. The fourth-order valence-corrected chi connectivity index (χ4v) is 3.40. The zero-order valence-electron chi connectivity index (χ0n) is 16.9. The van der Waals surface area contributed by atoms with Crippen molar-refractivity contribution in [2.24, 2.45) is 5.41 Å². The van der Waals surface area contributed by atoms with E-state index in [4.69, 9.17) is 9.47 Å². The molecule has 0 amide bonds. The van der Waals surface area contributed by atoms with Crippen LogP contribution >= 0.6 is 0 Å². The summed E-state index contributed by atoms with van der Waals surface area (Å²) < 4.78 is 10.1. The molecule has 0 aliphatic heterocycles. The maximum absolute atomic E-state index is 12.9. The summed E-state index contributed by atoms with van der Waals surface area (Å²) in [7, 11) is 2.90. The van der Waals surface area contributed by atoms with Crippen molar-refractivity contribution in [2.75, 3.05) is 14.2 Å². The third kappa shape index (κ3) is 4.22. The van der Waals surface area contributed by atoms with Gasteiger partial charge >= 0.3 is 0 Å². The fourth-order valence-electron chi connectivity index (χ4n) is 3.40. The summed E-state index contributed by atoms with van der Waals surface area (Å²) in [5.41, 5.74) is 0.341. The third-order valence-electron chi connectivity index (χ3n) is 5.41. The standard InChI is InChI=1S/C24H24O6/c1-29-20-14-16(4-8-18(20)25)6-10-22(27)24(12-3-13-24)23(28)11-7-17-5-9-19(26)21(15-17)30-2/h4-11,14-15,25-26H,3,12-13H2,1-2H3/b10-6+,11-7+. The number of carbonyl (C=O) groups is 2. The van der Waals surface area contributed by atoms with E-state index in [1.54, 1.807) is 36.4 Å². The van der Waals surface area contributed by atoms with Gasteiger partial charge in [0.05, 0.1) is 19.6 Å². The van der Waals surface area contributed by atoms with E-state index >= 15 is 0 Å². The first-order chi connectivity index (χ1) is 14.4. The quantitative estimate of drug-likeness (QED) is 0.503. The second-order valence-electron chi connectivity index (χ2n) is 7.19. The number of phenolic OH excluding ortho intramolecular Hbond substituents is 2. The molecule has 3 rings (SSSR count). The Morgan fingerprint density at radius 1 is 0.833 bits per heavy atom. The second-order valence-corrected chi connectivity index (χ2v) is 7.19. The van der Waals surface area contributed by atoms with Gasteiger partial charge in [-0.3, -0.25) is 9.59 Å². The van der Waals surface area contributed by atoms with Crippen LogP contribution < -0.4 is 9.47 Å². The molecule has 0 radical (unpaired) electrons. The van der Waals surface area contributed by atoms with E-state index in [9.17, 15) is 19.8 Å². The van der Waals surface area contributed by atoms with Crippen molar-refractivity contribution in [2.45, 2.75) is 19.3 Å². The number of carbonyl (C=O) groups excluding carboxylic acids is 2. The Bertz CT molecular complexity index is 937. The molecular weight excluding hydrogens is 384 g/mol. The minimum atomic E-state index is -1.03. The molecule has 6 heteroatoms. The lowest BCUT2D eigenvalue weighted by Crippen LogP contribution is -2.43. The molecule has 0 heterocycles. The molecule has 0 saturated heterocycles. The molecular formula is C24H24O6. The molecule has 0 unspecified atom stereocenters. The molecule has 0 spiro atoms. The molecule has 1 fully saturated rings. The number of ether oxygens (including phenoxy) is 2. The van der Waals surface area contributed by atoms with Gasteiger partial charge in [0.25, 0.3) is 0 Å². The van der Waals surface area contributed by atoms with Gasteiger partial charge in [0, 0.05) is 0 Å². The second kappa shape index (κ2) is 8.86. The molecule has 6 nitrogen and oxygen atoms in total. The Balaban J connectivity index is 1.76. The Kier molecular flexibility index (Phi) is 6.26. The topological polar surface area (TPSA) is 93.1 Å². The maximum atomic E-state index is 12.9. The van der Waals surface area contributed by atoms with Crippen LogP contribution in [-0.2, 0) is 9.59 Å². The van der Waals surface area contributed by atoms with Crippen LogP contribution in [0.1, 0.15) is 30.4 Å². The predicted octanol–water partition coefficient (Wildman–Crippen LogP) is 4.15. The van der Waals surface area contributed by atoms with Gasteiger partial charge < -0.3 is 19.7 Å². The first kappa shape index (κ1) is 21.2. The van der Waals surface area contributed by atoms with E-state index in [0.717, 1.165) is 6.42 Å². The zero-order chi connectivity index (χ0) is 21.7. The Morgan fingerprint density at radius 3 is 1.60 bits per heavy atom. The van der Waals surface area contributed by atoms with Crippen molar-refractivity contribution in [3.05, 3.63) is 59.7 Å². The Labute approximate surface area is 175 Å². The van der Waals surface area contributed by atoms with Crippen molar-refractivity contribution in [1.82, 2.24) is 0 Å². The molecule has 30 heavy (non-hydrogen) atoms. The van der Waals surface area contributed by atoms with Gasteiger partial charge in [-0.05, 0) is 60.4 Å². The van der Waals surface area contributed by atoms with Gasteiger partial charge in [0.15, 0.2) is 34.6 Å². The van der Waals surface area contributed by atoms with E-state index in [1.165, 1.54) is 38.5 Å². The molecule has 2 N–H and O–H groups in total. The lowest BCUT2D eigenvalue weighted by Gasteiger charge is -2.37. The predicted molar refractivity (Wildman–Crippen MR) is 114 cm³/mol. The van der Waals surface area contributed by atoms with Crippen LogP contribution in [0.5, 0.6) is 23.0 Å². The lowest BCUT2D eigenvalue weighted by atomic mass is 9.63. The van der Waals surface area contributed by atoms with Crippen LogP contribution in [0.3, 0.4) is 0 Å². The van der Waals surface area contributed by atoms with Crippen LogP contribution in [-0.4, -0.2) is 36.0 Å². The molecule has 1 saturated carbocycles. The minimum absolute atomic E-state index is 0.0163. The van der Waals surface area contributed by atoms with E-state index in [-0.39, 0.29) is 23.1 Å². The summed E-state index contributed by atoms with van der Waals surface area (Å²) in [6, 6.07) is 9.53. The van der Waals surface area contributed by atoms with Gasteiger partial charge in [-0.15, -0.1) is 0 Å². The molecule has 0 aromatic heterocycles. The third-order valence-corrected chi connectivity index (χ3v) is 5.41. The molecule has 1 aliphatic carbocycles. The first-order valence-corrected chi connectivity index (χ1v) is 9.58. The van der Waals surface area contributed by atoms with Crippen molar-refractivity contribution < 1.29 is 29.3 Å². The molecule has 1 aliphatic rings. The molecule has 156 valence electrons. The number of methoxy groups -OCH3 is 2. The van der Waals surface area contributed by atoms with E-state index < -0.39 is 5.41 Å². The van der Waals surface area contributed by atoms with Crippen LogP contribution in [0.15, 0.2) is 48.6 Å². The summed E-state index contributed by atoms with van der Waals surface area (Å²) in [5.74, 6) is 0.181. The maximum Gasteiger partial charge on any atom is 0.169 e. The average Bonchev–Trinajstić information content (AvgIpc) is 2.71. The van der Waals surface area contributed by atoms with Gasteiger partial charge in [-0.2, -0.15) is 0 Å². The van der Waals surface area contributed by atoms with Crippen molar-refractivity contribution >= 4 is 23.7 Å². The van der Waals surface area contributed by atoms with Crippen molar-refractivity contribution in [1.29, 1.82) is 0 Å². The number of hydrogen-bond donors (Lipinski definition) is 2. The first-order valence-electron chi connectivity index (χ1n) is 9.58. The Morgan fingerprint density at radius 2 is 1.27 bits per heavy atom. The highest BCUT2D eigenvalue weighted by Gasteiger charge is 2.47. The molecule has 0 atom stereocenters. The number of hydrogen-bond acceptors (Lipinski definition) is 6. The summed E-state index contributed by atoms with van der Waals surface area (Å²) >= 11 is 0. The van der Waals surface area contributed by atoms with Gasteiger partial charge in [-0.1, -0.05) is 30.7 Å². The Hall–Kier alpha value is -3.54. The largest absolute Gasteiger partial charge is 0.504 e. The number of aromatic hydroxyl groups is 2. The van der Waals surface area contributed by atoms with Crippen LogP contribution in [0.4, 0.5) is 0 Å². The van der Waals surface area contributed by atoms with Crippen LogP contribution in [0.25, 0.3) is 12.2 Å². The fraction of sp³-hybridized carbons (Fsp3) is 0.250. The number of ketones is 2. The van der Waals surface area contributed by atoms with Gasteiger partial charge in [0.2, 0.25) is 0 Å². The van der Waals surface area contributed by atoms with E-state index in [0.29, 0.717) is 35.5 Å². The molecule has 0 bridgehead atoms. The van der Waals surface area contributed by atoms with Crippen LogP contribution in [0, 0.1) is 5.41 Å². The van der Waals surface area contributed by atoms with Crippen molar-refractivity contribution in [3.63, 3.8) is 0 Å². The number of benzene rings is 2. The monoisotopic (exact) mass is 408 g/mol. The number of allylic oxidation sites excluding steroid dienone is 2. The number of phenols is 2. The van der Waals surface area contributed by atoms with Crippen molar-refractivity contribution in [3.8, 4) is 23.0 Å². The number of rotatable bonds is 8. The smallest absolute Gasteiger partial charge is 0.169 e. The highest BCUT2D eigenvalue weighted by molar-refractivity contribution is 6.18. The summed E-state index contributed by atoms with van der Waals surface area (Å²) in [6.07, 6.45) is 7.91. The van der Waals surface area contributed by atoms with Gasteiger partial charge in [-0.25, -0.2) is 0 Å². The molecule has 2 aromatic carbocycles. The van der Waals surface area contributed by atoms with E-state index in [2.05, 4.69) is 0 Å². The highest BCUT2D eigenvalue weighted by atomic mass is 16.5. The summed E-state index contributed by atoms with van der Waals surface area (Å²) in [4.78, 5) is 25.7. The SMILES string of the molecule is COc1cc(/C=C/C(=O)C2(C(=O)/C=C/c3ccc(O)c(OC)c3)CCC2)ccc1O.